The van der Waals surface area contributed by atoms with Gasteiger partial charge in [-0.2, -0.15) is 0 Å². The number of amides is 3. The highest BCUT2D eigenvalue weighted by Gasteiger charge is 2.38. The fraction of sp³-hybridized carbons (Fsp3) is 0.667. The van der Waals surface area contributed by atoms with Gasteiger partial charge in [-0.3, -0.25) is 14.9 Å². The molecule has 0 bridgehead atoms. The summed E-state index contributed by atoms with van der Waals surface area (Å²) in [6, 6.07) is -0.673. The van der Waals surface area contributed by atoms with Gasteiger partial charge in [0.05, 0.1) is 12.5 Å². The zero-order chi connectivity index (χ0) is 13.1. The summed E-state index contributed by atoms with van der Waals surface area (Å²) in [5, 5.41) is 2.17. The molecule has 1 aliphatic heterocycles. The molecule has 1 aliphatic carbocycles. The number of carbonyl (C=O) groups is 3. The number of rotatable bonds is 2. The molecule has 18 heavy (non-hydrogen) atoms. The molecule has 2 atom stereocenters. The number of esters is 1. The van der Waals surface area contributed by atoms with Crippen molar-refractivity contribution >= 4 is 23.6 Å². The maximum Gasteiger partial charge on any atom is 0.347 e. The Morgan fingerprint density at radius 1 is 1.44 bits per heavy atom. The maximum absolute atomic E-state index is 11.8. The Labute approximate surface area is 105 Å². The molecule has 6 heteroatoms. The van der Waals surface area contributed by atoms with E-state index in [1.807, 2.05) is 0 Å². The van der Waals surface area contributed by atoms with Crippen LogP contribution < -0.4 is 5.32 Å². The van der Waals surface area contributed by atoms with E-state index in [0.717, 1.165) is 12.8 Å². The second-order valence-corrected chi connectivity index (χ2v) is 4.53. The van der Waals surface area contributed by atoms with Gasteiger partial charge in [0.25, 0.3) is 0 Å². The lowest BCUT2D eigenvalue weighted by Gasteiger charge is -2.28. The average molecular weight is 252 g/mol. The summed E-state index contributed by atoms with van der Waals surface area (Å²) in [5.41, 5.74) is 0.517. The molecular formula is C12H16N2O4. The van der Waals surface area contributed by atoms with Crippen molar-refractivity contribution in [3.05, 3.63) is 0 Å². The van der Waals surface area contributed by atoms with Gasteiger partial charge in [0.2, 0.25) is 5.91 Å². The van der Waals surface area contributed by atoms with Crippen molar-refractivity contribution < 1.29 is 19.1 Å². The van der Waals surface area contributed by atoms with Crippen molar-refractivity contribution in [1.82, 2.24) is 5.32 Å². The lowest BCUT2D eigenvalue weighted by Crippen LogP contribution is -2.35. The molecular weight excluding hydrogens is 236 g/mol. The van der Waals surface area contributed by atoms with E-state index in [4.69, 9.17) is 4.74 Å². The molecule has 98 valence electrons. The molecule has 2 unspecified atom stereocenters. The highest BCUT2D eigenvalue weighted by atomic mass is 16.5. The highest BCUT2D eigenvalue weighted by Crippen LogP contribution is 2.31. The minimum atomic E-state index is -0.673. The predicted molar refractivity (Wildman–Crippen MR) is 63.1 cm³/mol. The van der Waals surface area contributed by atoms with Crippen LogP contribution in [0.25, 0.3) is 0 Å². The maximum atomic E-state index is 11.8. The Bertz CT molecular complexity index is 416. The smallest absolute Gasteiger partial charge is 0.347 e. The van der Waals surface area contributed by atoms with Crippen molar-refractivity contribution in [1.29, 1.82) is 0 Å². The van der Waals surface area contributed by atoms with E-state index in [-0.39, 0.29) is 24.2 Å². The Morgan fingerprint density at radius 2 is 2.22 bits per heavy atom. The van der Waals surface area contributed by atoms with E-state index in [0.29, 0.717) is 18.7 Å². The van der Waals surface area contributed by atoms with Gasteiger partial charge in [-0.05, 0) is 19.8 Å². The van der Waals surface area contributed by atoms with Crippen LogP contribution in [0.4, 0.5) is 4.79 Å². The first-order valence-corrected chi connectivity index (χ1v) is 6.20. The lowest BCUT2D eigenvalue weighted by atomic mass is 9.78. The number of ether oxygens (including phenoxy) is 1. The molecule has 6 nitrogen and oxygen atoms in total. The van der Waals surface area contributed by atoms with Crippen LogP contribution in [0.2, 0.25) is 0 Å². The molecule has 0 aromatic heterocycles. The predicted octanol–water partition coefficient (Wildman–Crippen LogP) is 1.05. The summed E-state index contributed by atoms with van der Waals surface area (Å²) >= 11 is 0. The molecule has 2 rings (SSSR count). The first-order valence-electron chi connectivity index (χ1n) is 6.20. The first kappa shape index (κ1) is 12.7. The van der Waals surface area contributed by atoms with Gasteiger partial charge in [-0.15, -0.1) is 0 Å². The minimum absolute atomic E-state index is 0.111. The average Bonchev–Trinajstić information content (AvgIpc) is 2.45. The van der Waals surface area contributed by atoms with Crippen LogP contribution >= 0.6 is 0 Å². The standard InChI is InChI=1S/C12H16N2O4/c1-2-18-11(16)8-5-3-4-7-6-9(15)13-12(17)14-10(7)8/h7-8H,2-6H2,1H3,(H,13,15,17). The van der Waals surface area contributed by atoms with E-state index in [2.05, 4.69) is 10.3 Å². The Kier molecular flexibility index (Phi) is 3.74. The van der Waals surface area contributed by atoms with Crippen LogP contribution in [0.15, 0.2) is 4.99 Å². The summed E-state index contributed by atoms with van der Waals surface area (Å²) in [4.78, 5) is 38.5. The normalized spacial score (nSPS) is 27.7. The van der Waals surface area contributed by atoms with Crippen LogP contribution in [0.5, 0.6) is 0 Å². The fourth-order valence-electron chi connectivity index (χ4n) is 2.55. The molecule has 0 aromatic carbocycles. The largest absolute Gasteiger partial charge is 0.465 e. The van der Waals surface area contributed by atoms with Gasteiger partial charge in [0.1, 0.15) is 0 Å². The van der Waals surface area contributed by atoms with Gasteiger partial charge >= 0.3 is 12.0 Å². The number of nitrogens with zero attached hydrogens (tertiary/aromatic N) is 1. The van der Waals surface area contributed by atoms with Crippen molar-refractivity contribution in [3.8, 4) is 0 Å². The number of nitrogens with one attached hydrogen (secondary N) is 1. The van der Waals surface area contributed by atoms with E-state index in [1.165, 1.54) is 0 Å². The molecule has 0 spiro atoms. The van der Waals surface area contributed by atoms with Crippen molar-refractivity contribution in [2.45, 2.75) is 32.6 Å². The van der Waals surface area contributed by atoms with Gasteiger partial charge < -0.3 is 4.74 Å². The van der Waals surface area contributed by atoms with Gasteiger partial charge in [-0.25, -0.2) is 9.79 Å². The number of aliphatic imine (C=N–C) groups is 1. The number of urea groups is 1. The number of hydrogen-bond acceptors (Lipinski definition) is 4. The summed E-state index contributed by atoms with van der Waals surface area (Å²) < 4.78 is 5.00. The third kappa shape index (κ3) is 2.57. The van der Waals surface area contributed by atoms with Crippen molar-refractivity contribution in [3.63, 3.8) is 0 Å². The minimum Gasteiger partial charge on any atom is -0.465 e. The lowest BCUT2D eigenvalue weighted by molar-refractivity contribution is -0.146. The van der Waals surface area contributed by atoms with Crippen molar-refractivity contribution in [2.75, 3.05) is 6.61 Å². The van der Waals surface area contributed by atoms with Crippen LogP contribution in [0, 0.1) is 11.8 Å². The van der Waals surface area contributed by atoms with Gasteiger partial charge in [0.15, 0.2) is 0 Å². The zero-order valence-corrected chi connectivity index (χ0v) is 10.3. The number of hydrogen-bond donors (Lipinski definition) is 1. The van der Waals surface area contributed by atoms with Gasteiger partial charge in [-0.1, -0.05) is 6.42 Å². The van der Waals surface area contributed by atoms with Crippen LogP contribution in [-0.4, -0.2) is 30.2 Å². The monoisotopic (exact) mass is 252 g/mol. The number of fused-ring (bicyclic) bond motifs is 1. The zero-order valence-electron chi connectivity index (χ0n) is 10.3. The molecule has 0 radical (unpaired) electrons. The van der Waals surface area contributed by atoms with Crippen molar-refractivity contribution in [2.24, 2.45) is 16.8 Å². The number of imide groups is 1. The molecule has 0 saturated heterocycles. The van der Waals surface area contributed by atoms with Crippen LogP contribution in [0.3, 0.4) is 0 Å². The molecule has 1 saturated carbocycles. The molecule has 1 heterocycles. The SMILES string of the molecule is CCOC(=O)C1CCCC2CC(=O)NC(=O)N=C21. The molecule has 3 amide bonds. The first-order chi connectivity index (χ1) is 8.61. The Morgan fingerprint density at radius 3 is 2.94 bits per heavy atom. The number of carbonyl (C=O) groups excluding carboxylic acids is 3. The second-order valence-electron chi connectivity index (χ2n) is 4.53. The molecule has 0 aromatic rings. The third-order valence-electron chi connectivity index (χ3n) is 3.30. The third-order valence-corrected chi connectivity index (χ3v) is 3.30. The van der Waals surface area contributed by atoms with E-state index in [1.54, 1.807) is 6.92 Å². The quantitative estimate of drug-likeness (QED) is 0.744. The topological polar surface area (TPSA) is 84.8 Å². The van der Waals surface area contributed by atoms with E-state index >= 15 is 0 Å². The Balaban J connectivity index is 2.24. The molecule has 1 fully saturated rings. The molecule has 1 N–H and O–H groups in total. The van der Waals surface area contributed by atoms with Crippen LogP contribution in [0.1, 0.15) is 32.6 Å². The fourth-order valence-corrected chi connectivity index (χ4v) is 2.55. The second kappa shape index (κ2) is 5.29. The Hall–Kier alpha value is -1.72. The van der Waals surface area contributed by atoms with E-state index < -0.39 is 11.9 Å². The van der Waals surface area contributed by atoms with Gasteiger partial charge in [0, 0.05) is 18.1 Å². The summed E-state index contributed by atoms with van der Waals surface area (Å²) in [6.07, 6.45) is 2.49. The van der Waals surface area contributed by atoms with E-state index in [9.17, 15) is 14.4 Å². The summed E-state index contributed by atoms with van der Waals surface area (Å²) in [6.45, 7) is 2.04. The summed E-state index contributed by atoms with van der Waals surface area (Å²) in [5.74, 6) is -1.25. The van der Waals surface area contributed by atoms with Crippen LogP contribution in [-0.2, 0) is 14.3 Å². The molecule has 2 aliphatic rings. The highest BCUT2D eigenvalue weighted by molar-refractivity contribution is 6.12. The summed E-state index contributed by atoms with van der Waals surface area (Å²) in [7, 11) is 0.